The molecular weight excluding hydrogens is 254 g/mol. The minimum atomic E-state index is -0.0247. The van der Waals surface area contributed by atoms with E-state index in [1.165, 1.54) is 0 Å². The van der Waals surface area contributed by atoms with Crippen molar-refractivity contribution in [3.63, 3.8) is 0 Å². The fourth-order valence-electron chi connectivity index (χ4n) is 1.80. The third-order valence-electron chi connectivity index (χ3n) is 2.94. The molecule has 4 nitrogen and oxygen atoms in total. The number of nitrogens with one attached hydrogen (secondary N) is 1. The fraction of sp³-hybridized carbons (Fsp3) is 0.462. The maximum Gasteiger partial charge on any atom is 0.224 e. The molecule has 2 rings (SSSR count). The second-order valence-electron chi connectivity index (χ2n) is 4.46. The van der Waals surface area contributed by atoms with E-state index >= 15 is 0 Å². The first-order valence-electron chi connectivity index (χ1n) is 5.82. The van der Waals surface area contributed by atoms with Crippen LogP contribution in [0.2, 0.25) is 5.02 Å². The van der Waals surface area contributed by atoms with Crippen LogP contribution in [0.5, 0.6) is 5.75 Å². The Hall–Kier alpha value is -1.26. The van der Waals surface area contributed by atoms with Crippen LogP contribution in [-0.2, 0) is 9.53 Å². The van der Waals surface area contributed by atoms with Gasteiger partial charge in [0.2, 0.25) is 5.91 Å². The van der Waals surface area contributed by atoms with Crippen molar-refractivity contribution in [2.24, 2.45) is 5.92 Å². The Morgan fingerprint density at radius 2 is 2.28 bits per heavy atom. The van der Waals surface area contributed by atoms with Crippen LogP contribution in [0, 0.1) is 12.8 Å². The molecule has 18 heavy (non-hydrogen) atoms. The molecule has 0 atom stereocenters. The second kappa shape index (κ2) is 5.59. The minimum Gasteiger partial charge on any atom is -0.495 e. The van der Waals surface area contributed by atoms with Crippen molar-refractivity contribution < 1.29 is 14.3 Å². The monoisotopic (exact) mass is 269 g/mol. The number of hydrogen-bond donors (Lipinski definition) is 1. The molecule has 1 aromatic carbocycles. The summed E-state index contributed by atoms with van der Waals surface area (Å²) in [6.07, 6.45) is 0.477. The van der Waals surface area contributed by atoms with E-state index < -0.39 is 0 Å². The Kier molecular flexibility index (Phi) is 4.09. The number of carbonyl (C=O) groups excluding carboxylic acids is 1. The summed E-state index contributed by atoms with van der Waals surface area (Å²) >= 11 is 6.01. The van der Waals surface area contributed by atoms with E-state index in [1.807, 2.05) is 13.0 Å². The highest BCUT2D eigenvalue weighted by atomic mass is 35.5. The van der Waals surface area contributed by atoms with Gasteiger partial charge in [0, 0.05) is 23.4 Å². The van der Waals surface area contributed by atoms with Gasteiger partial charge in [0.15, 0.2) is 0 Å². The van der Waals surface area contributed by atoms with Crippen LogP contribution in [0.4, 0.5) is 5.69 Å². The van der Waals surface area contributed by atoms with Crippen molar-refractivity contribution in [2.45, 2.75) is 13.3 Å². The Labute approximate surface area is 111 Å². The number of anilines is 1. The van der Waals surface area contributed by atoms with E-state index in [4.69, 9.17) is 21.1 Å². The number of aryl methyl sites for hydroxylation is 1. The van der Waals surface area contributed by atoms with Crippen LogP contribution in [0.1, 0.15) is 12.0 Å². The van der Waals surface area contributed by atoms with Crippen LogP contribution in [0.25, 0.3) is 0 Å². The Morgan fingerprint density at radius 3 is 2.83 bits per heavy atom. The van der Waals surface area contributed by atoms with E-state index in [9.17, 15) is 4.79 Å². The molecule has 1 heterocycles. The average molecular weight is 270 g/mol. The molecule has 0 spiro atoms. The van der Waals surface area contributed by atoms with E-state index in [2.05, 4.69) is 5.32 Å². The van der Waals surface area contributed by atoms with Gasteiger partial charge in [-0.2, -0.15) is 0 Å². The summed E-state index contributed by atoms with van der Waals surface area (Å²) in [5.74, 6) is 0.886. The molecule has 98 valence electrons. The molecule has 1 aromatic rings. The molecule has 0 aromatic heterocycles. The van der Waals surface area contributed by atoms with Gasteiger partial charge < -0.3 is 14.8 Å². The Morgan fingerprint density at radius 1 is 1.56 bits per heavy atom. The zero-order valence-electron chi connectivity index (χ0n) is 10.5. The predicted molar refractivity (Wildman–Crippen MR) is 70.3 cm³/mol. The molecular formula is C13H16ClNO3. The summed E-state index contributed by atoms with van der Waals surface area (Å²) in [4.78, 5) is 11.8. The zero-order valence-corrected chi connectivity index (χ0v) is 11.2. The smallest absolute Gasteiger partial charge is 0.224 e. The number of halogens is 1. The molecule has 1 aliphatic rings. The van der Waals surface area contributed by atoms with Crippen LogP contribution in [0.15, 0.2) is 12.1 Å². The molecule has 1 saturated heterocycles. The molecule has 0 bridgehead atoms. The minimum absolute atomic E-state index is 0.0247. The summed E-state index contributed by atoms with van der Waals surface area (Å²) in [7, 11) is 1.55. The van der Waals surface area contributed by atoms with Gasteiger partial charge in [0.25, 0.3) is 0 Å². The van der Waals surface area contributed by atoms with Gasteiger partial charge in [-0.15, -0.1) is 0 Å². The summed E-state index contributed by atoms with van der Waals surface area (Å²) in [6, 6.07) is 3.52. The Balaban J connectivity index is 2.07. The van der Waals surface area contributed by atoms with Gasteiger partial charge >= 0.3 is 0 Å². The second-order valence-corrected chi connectivity index (χ2v) is 4.86. The van der Waals surface area contributed by atoms with E-state index in [1.54, 1.807) is 13.2 Å². The van der Waals surface area contributed by atoms with Crippen LogP contribution >= 0.6 is 11.6 Å². The first kappa shape index (κ1) is 13.2. The number of rotatable bonds is 4. The maximum atomic E-state index is 11.8. The SMILES string of the molecule is COc1cc(Cl)c(C)cc1NC(=O)CC1COC1. The van der Waals surface area contributed by atoms with Gasteiger partial charge in [-0.25, -0.2) is 0 Å². The largest absolute Gasteiger partial charge is 0.495 e. The third kappa shape index (κ3) is 2.94. The van der Waals surface area contributed by atoms with Gasteiger partial charge in [-0.3, -0.25) is 4.79 Å². The van der Waals surface area contributed by atoms with E-state index in [-0.39, 0.29) is 5.91 Å². The number of amides is 1. The van der Waals surface area contributed by atoms with Crippen molar-refractivity contribution >= 4 is 23.2 Å². The van der Waals surface area contributed by atoms with Gasteiger partial charge in [-0.1, -0.05) is 11.6 Å². The first-order valence-corrected chi connectivity index (χ1v) is 6.19. The predicted octanol–water partition coefficient (Wildman–Crippen LogP) is 2.63. The van der Waals surface area contributed by atoms with E-state index in [0.29, 0.717) is 42.0 Å². The van der Waals surface area contributed by atoms with Gasteiger partial charge in [-0.05, 0) is 18.6 Å². The van der Waals surface area contributed by atoms with Crippen LogP contribution in [-0.4, -0.2) is 26.2 Å². The van der Waals surface area contributed by atoms with Crippen molar-refractivity contribution in [1.82, 2.24) is 0 Å². The average Bonchev–Trinajstić information content (AvgIpc) is 2.28. The number of ether oxygens (including phenoxy) is 2. The summed E-state index contributed by atoms with van der Waals surface area (Å²) in [6.45, 7) is 3.23. The molecule has 0 radical (unpaired) electrons. The van der Waals surface area contributed by atoms with Gasteiger partial charge in [0.05, 0.1) is 26.0 Å². The third-order valence-corrected chi connectivity index (χ3v) is 3.34. The number of hydrogen-bond acceptors (Lipinski definition) is 3. The van der Waals surface area contributed by atoms with Crippen LogP contribution < -0.4 is 10.1 Å². The lowest BCUT2D eigenvalue weighted by molar-refractivity contribution is -0.121. The van der Waals surface area contributed by atoms with Crippen molar-refractivity contribution in [2.75, 3.05) is 25.6 Å². The molecule has 1 fully saturated rings. The molecule has 5 heteroatoms. The molecule has 0 aliphatic carbocycles. The molecule has 1 N–H and O–H groups in total. The standard InChI is InChI=1S/C13H16ClNO3/c1-8-3-11(12(17-2)5-10(8)14)15-13(16)4-9-6-18-7-9/h3,5,9H,4,6-7H2,1-2H3,(H,15,16). The first-order chi connectivity index (χ1) is 8.60. The quantitative estimate of drug-likeness (QED) is 0.914. The number of methoxy groups -OCH3 is 1. The summed E-state index contributed by atoms with van der Waals surface area (Å²) < 4.78 is 10.2. The highest BCUT2D eigenvalue weighted by Crippen LogP contribution is 2.31. The highest BCUT2D eigenvalue weighted by Gasteiger charge is 2.22. The lowest BCUT2D eigenvalue weighted by atomic mass is 10.0. The Bertz CT molecular complexity index is 458. The molecule has 1 amide bonds. The highest BCUT2D eigenvalue weighted by molar-refractivity contribution is 6.31. The lowest BCUT2D eigenvalue weighted by Crippen LogP contribution is -2.31. The zero-order chi connectivity index (χ0) is 13.1. The number of carbonyl (C=O) groups is 1. The van der Waals surface area contributed by atoms with E-state index in [0.717, 1.165) is 5.56 Å². The molecule has 1 aliphatic heterocycles. The molecule has 0 unspecified atom stereocenters. The normalized spacial score (nSPS) is 15.1. The number of benzene rings is 1. The van der Waals surface area contributed by atoms with Crippen molar-refractivity contribution in [1.29, 1.82) is 0 Å². The maximum absolute atomic E-state index is 11.8. The van der Waals surface area contributed by atoms with Crippen molar-refractivity contribution in [3.8, 4) is 5.75 Å². The van der Waals surface area contributed by atoms with Gasteiger partial charge in [0.1, 0.15) is 5.75 Å². The fourth-order valence-corrected chi connectivity index (χ4v) is 1.95. The topological polar surface area (TPSA) is 47.6 Å². The lowest BCUT2D eigenvalue weighted by Gasteiger charge is -2.25. The molecule has 0 saturated carbocycles. The van der Waals surface area contributed by atoms with Crippen molar-refractivity contribution in [3.05, 3.63) is 22.7 Å². The van der Waals surface area contributed by atoms with Crippen LogP contribution in [0.3, 0.4) is 0 Å². The summed E-state index contributed by atoms with van der Waals surface area (Å²) in [5, 5.41) is 3.47. The summed E-state index contributed by atoms with van der Waals surface area (Å²) in [5.41, 5.74) is 1.56.